The molecular formula is C46H28O. The Labute approximate surface area is 272 Å². The zero-order chi connectivity index (χ0) is 30.9. The molecular weight excluding hydrogens is 569 g/mol. The summed E-state index contributed by atoms with van der Waals surface area (Å²) in [4.78, 5) is 0. The fourth-order valence-electron chi connectivity index (χ4n) is 7.62. The van der Waals surface area contributed by atoms with E-state index in [1.807, 2.05) is 6.07 Å². The van der Waals surface area contributed by atoms with Gasteiger partial charge in [0, 0.05) is 10.9 Å². The van der Waals surface area contributed by atoms with Gasteiger partial charge in [-0.15, -0.1) is 0 Å². The lowest BCUT2D eigenvalue weighted by molar-refractivity contribution is 0.487. The Hall–Kier alpha value is -6.18. The van der Waals surface area contributed by atoms with Gasteiger partial charge in [-0.05, 0) is 119 Å². The summed E-state index contributed by atoms with van der Waals surface area (Å²) in [5.41, 5.74) is 9.51. The maximum absolute atomic E-state index is 6.60. The summed E-state index contributed by atoms with van der Waals surface area (Å²) in [6.45, 7) is 0. The Kier molecular flexibility index (Phi) is 5.64. The summed E-state index contributed by atoms with van der Waals surface area (Å²) in [7, 11) is 0. The maximum atomic E-state index is 6.60. The van der Waals surface area contributed by atoms with E-state index < -0.39 is 0 Å². The van der Waals surface area contributed by atoms with Crippen molar-refractivity contribution in [3.63, 3.8) is 0 Å². The van der Waals surface area contributed by atoms with Gasteiger partial charge in [-0.25, -0.2) is 0 Å². The summed E-state index contributed by atoms with van der Waals surface area (Å²) >= 11 is 0. The van der Waals surface area contributed by atoms with E-state index in [1.54, 1.807) is 0 Å². The van der Waals surface area contributed by atoms with Crippen molar-refractivity contribution < 1.29 is 4.74 Å². The molecule has 47 heavy (non-hydrogen) atoms. The summed E-state index contributed by atoms with van der Waals surface area (Å²) in [6.07, 6.45) is 0. The molecule has 9 aromatic carbocycles. The normalized spacial score (nSPS) is 12.0. The first-order valence-electron chi connectivity index (χ1n) is 16.2. The highest BCUT2D eigenvalue weighted by Gasteiger charge is 2.21. The molecule has 1 aliphatic heterocycles. The van der Waals surface area contributed by atoms with Crippen LogP contribution in [0.5, 0.6) is 11.5 Å². The van der Waals surface area contributed by atoms with E-state index in [1.165, 1.54) is 70.9 Å². The van der Waals surface area contributed by atoms with Gasteiger partial charge in [0.05, 0.1) is 0 Å². The molecule has 10 rings (SSSR count). The van der Waals surface area contributed by atoms with E-state index in [0.29, 0.717) is 0 Å². The molecule has 0 fully saturated rings. The first-order valence-corrected chi connectivity index (χ1v) is 16.2. The topological polar surface area (TPSA) is 9.23 Å². The minimum atomic E-state index is 0.901. The third kappa shape index (κ3) is 4.10. The van der Waals surface area contributed by atoms with Gasteiger partial charge in [-0.2, -0.15) is 0 Å². The van der Waals surface area contributed by atoms with E-state index in [-0.39, 0.29) is 0 Å². The van der Waals surface area contributed by atoms with Crippen molar-refractivity contribution in [3.05, 3.63) is 170 Å². The van der Waals surface area contributed by atoms with Gasteiger partial charge in [0.15, 0.2) is 0 Å². The van der Waals surface area contributed by atoms with Gasteiger partial charge in [-0.3, -0.25) is 0 Å². The lowest BCUT2D eigenvalue weighted by Crippen LogP contribution is -1.97. The van der Waals surface area contributed by atoms with Crippen LogP contribution in [-0.2, 0) is 0 Å². The number of hydrogen-bond donors (Lipinski definition) is 0. The van der Waals surface area contributed by atoms with Gasteiger partial charge in [0.1, 0.15) is 11.5 Å². The van der Waals surface area contributed by atoms with Gasteiger partial charge < -0.3 is 4.74 Å². The Morgan fingerprint density at radius 1 is 0.298 bits per heavy atom. The van der Waals surface area contributed by atoms with E-state index >= 15 is 0 Å². The quantitative estimate of drug-likeness (QED) is 0.146. The average Bonchev–Trinajstić information content (AvgIpc) is 3.14. The Balaban J connectivity index is 1.27. The minimum Gasteiger partial charge on any atom is -0.456 e. The molecule has 1 nitrogen and oxygen atoms in total. The van der Waals surface area contributed by atoms with Crippen LogP contribution in [0.1, 0.15) is 0 Å². The number of hydrogen-bond acceptors (Lipinski definition) is 1. The van der Waals surface area contributed by atoms with Crippen LogP contribution in [0.3, 0.4) is 0 Å². The molecule has 0 aliphatic carbocycles. The summed E-state index contributed by atoms with van der Waals surface area (Å²) in [5, 5.41) is 9.91. The van der Waals surface area contributed by atoms with Crippen molar-refractivity contribution in [2.24, 2.45) is 0 Å². The molecule has 1 aliphatic rings. The van der Waals surface area contributed by atoms with Crippen molar-refractivity contribution >= 4 is 43.1 Å². The Bertz CT molecular complexity index is 2700. The standard InChI is InChI=1S/C46H28O/c1-2-11-29(12-3-1)33-24-34(35-23-32-15-10-19-40-39-18-8-9-20-43(39)47-44(28-35)46(32)40)26-36(25-33)45-38-17-7-5-14-31(38)27-42-37-16-6-4-13-30(37)21-22-41(42)45/h1-28H. The largest absolute Gasteiger partial charge is 0.456 e. The number of ether oxygens (including phenoxy) is 1. The van der Waals surface area contributed by atoms with Crippen molar-refractivity contribution in [2.75, 3.05) is 0 Å². The first kappa shape index (κ1) is 26.1. The third-order valence-corrected chi connectivity index (χ3v) is 9.77. The molecule has 0 saturated heterocycles. The van der Waals surface area contributed by atoms with Gasteiger partial charge in [-0.1, -0.05) is 127 Å². The molecule has 0 aromatic heterocycles. The van der Waals surface area contributed by atoms with E-state index in [9.17, 15) is 0 Å². The summed E-state index contributed by atoms with van der Waals surface area (Å²) in [6, 6.07) is 61.7. The van der Waals surface area contributed by atoms with Crippen LogP contribution in [0.25, 0.3) is 87.6 Å². The average molecular weight is 597 g/mol. The maximum Gasteiger partial charge on any atom is 0.136 e. The van der Waals surface area contributed by atoms with E-state index in [4.69, 9.17) is 4.74 Å². The number of rotatable bonds is 3. The van der Waals surface area contributed by atoms with Crippen LogP contribution in [0.15, 0.2) is 170 Å². The van der Waals surface area contributed by atoms with Crippen LogP contribution in [0.2, 0.25) is 0 Å². The number of fused-ring (bicyclic) bond motifs is 6. The minimum absolute atomic E-state index is 0.901. The highest BCUT2D eigenvalue weighted by molar-refractivity contribution is 6.20. The predicted octanol–water partition coefficient (Wildman–Crippen LogP) is 13.1. The Morgan fingerprint density at radius 2 is 0.957 bits per heavy atom. The lowest BCUT2D eigenvalue weighted by atomic mass is 9.86. The molecule has 0 atom stereocenters. The van der Waals surface area contributed by atoms with Crippen molar-refractivity contribution in [2.45, 2.75) is 0 Å². The molecule has 1 heteroatoms. The lowest BCUT2D eigenvalue weighted by Gasteiger charge is -2.22. The second kappa shape index (κ2) is 10.2. The second-order valence-corrected chi connectivity index (χ2v) is 12.5. The van der Waals surface area contributed by atoms with Crippen molar-refractivity contribution in [1.82, 2.24) is 0 Å². The molecule has 0 bridgehead atoms. The highest BCUT2D eigenvalue weighted by atomic mass is 16.5. The van der Waals surface area contributed by atoms with Crippen LogP contribution in [0.4, 0.5) is 0 Å². The van der Waals surface area contributed by atoms with E-state index in [2.05, 4.69) is 164 Å². The van der Waals surface area contributed by atoms with Gasteiger partial charge >= 0.3 is 0 Å². The predicted molar refractivity (Wildman–Crippen MR) is 198 cm³/mol. The van der Waals surface area contributed by atoms with Gasteiger partial charge in [0.25, 0.3) is 0 Å². The SMILES string of the molecule is c1ccc(-c2cc(-c3cc4c5c(cccc5c3)-c3ccccc3O4)cc(-c3c4ccccc4cc4c3ccc3ccccc34)c2)cc1. The smallest absolute Gasteiger partial charge is 0.136 e. The molecule has 0 spiro atoms. The van der Waals surface area contributed by atoms with Gasteiger partial charge in [0.2, 0.25) is 0 Å². The summed E-state index contributed by atoms with van der Waals surface area (Å²) < 4.78 is 6.60. The fourth-order valence-corrected chi connectivity index (χ4v) is 7.62. The molecule has 0 saturated carbocycles. The first-order chi connectivity index (χ1) is 23.3. The fraction of sp³-hybridized carbons (Fsp3) is 0. The number of benzene rings is 9. The zero-order valence-corrected chi connectivity index (χ0v) is 25.6. The molecule has 9 aromatic rings. The van der Waals surface area contributed by atoms with Crippen molar-refractivity contribution in [3.8, 4) is 56.0 Å². The van der Waals surface area contributed by atoms with Crippen LogP contribution >= 0.6 is 0 Å². The Morgan fingerprint density at radius 3 is 1.85 bits per heavy atom. The molecule has 0 radical (unpaired) electrons. The number of para-hydroxylation sites is 1. The molecule has 0 N–H and O–H groups in total. The zero-order valence-electron chi connectivity index (χ0n) is 25.6. The molecule has 218 valence electrons. The summed E-state index contributed by atoms with van der Waals surface area (Å²) in [5.74, 6) is 1.80. The van der Waals surface area contributed by atoms with Crippen molar-refractivity contribution in [1.29, 1.82) is 0 Å². The van der Waals surface area contributed by atoms with Crippen LogP contribution in [-0.4, -0.2) is 0 Å². The van der Waals surface area contributed by atoms with Crippen LogP contribution < -0.4 is 4.74 Å². The van der Waals surface area contributed by atoms with Crippen LogP contribution in [0, 0.1) is 0 Å². The highest BCUT2D eigenvalue weighted by Crippen LogP contribution is 2.49. The van der Waals surface area contributed by atoms with E-state index in [0.717, 1.165) is 28.2 Å². The molecule has 0 amide bonds. The monoisotopic (exact) mass is 596 g/mol. The third-order valence-electron chi connectivity index (χ3n) is 9.77. The molecule has 0 unspecified atom stereocenters. The second-order valence-electron chi connectivity index (χ2n) is 12.5. The molecule has 1 heterocycles.